The van der Waals surface area contributed by atoms with E-state index < -0.39 is 0 Å². The Labute approximate surface area is 149 Å². The van der Waals surface area contributed by atoms with Gasteiger partial charge in [0.2, 0.25) is 11.1 Å². The largest absolute Gasteiger partial charge is 0.351 e. The van der Waals surface area contributed by atoms with Crippen LogP contribution in [0.2, 0.25) is 0 Å². The second-order valence-electron chi connectivity index (χ2n) is 5.54. The van der Waals surface area contributed by atoms with E-state index >= 15 is 0 Å². The van der Waals surface area contributed by atoms with E-state index in [0.717, 1.165) is 17.0 Å². The van der Waals surface area contributed by atoms with Gasteiger partial charge >= 0.3 is 0 Å². The number of carbonyl (C=O) groups is 1. The lowest BCUT2D eigenvalue weighted by molar-refractivity contribution is -0.118. The Morgan fingerprint density at radius 3 is 2.68 bits per heavy atom. The molecule has 1 amide bonds. The van der Waals surface area contributed by atoms with E-state index in [1.807, 2.05) is 50.2 Å². The molecule has 0 saturated carbocycles. The Morgan fingerprint density at radius 2 is 2.00 bits per heavy atom. The highest BCUT2D eigenvalue weighted by Crippen LogP contribution is 2.17. The molecule has 2 aromatic heterocycles. The first-order valence-corrected chi connectivity index (χ1v) is 8.70. The lowest BCUT2D eigenvalue weighted by atomic mass is 10.2. The lowest BCUT2D eigenvalue weighted by Gasteiger charge is -2.06. The van der Waals surface area contributed by atoms with Gasteiger partial charge in [0.25, 0.3) is 5.95 Å². The van der Waals surface area contributed by atoms with Gasteiger partial charge < -0.3 is 11.2 Å². The monoisotopic (exact) mass is 357 g/mol. The molecule has 0 unspecified atom stereocenters. The number of nitrogens with zero attached hydrogens (tertiary/aromatic N) is 5. The van der Waals surface area contributed by atoms with Crippen molar-refractivity contribution in [2.45, 2.75) is 25.5 Å². The third-order valence-corrected chi connectivity index (χ3v) is 4.45. The van der Waals surface area contributed by atoms with E-state index in [2.05, 4.69) is 20.6 Å². The average Bonchev–Trinajstić information content (AvgIpc) is 3.13. The molecule has 9 heteroatoms. The van der Waals surface area contributed by atoms with E-state index in [0.29, 0.717) is 17.6 Å². The van der Waals surface area contributed by atoms with Crippen molar-refractivity contribution in [2.24, 2.45) is 0 Å². The number of hydrogen-bond donors (Lipinski definition) is 2. The first-order valence-electron chi connectivity index (χ1n) is 7.72. The molecule has 2 heterocycles. The molecule has 8 nitrogen and oxygen atoms in total. The molecule has 0 atom stereocenters. The fraction of sp³-hybridized carbons (Fsp3) is 0.250. The topological polar surface area (TPSA) is 104 Å². The molecular weight excluding hydrogens is 338 g/mol. The van der Waals surface area contributed by atoms with Crippen molar-refractivity contribution in [1.82, 2.24) is 30.0 Å². The molecule has 3 aromatic rings. The maximum atomic E-state index is 12.0. The van der Waals surface area contributed by atoms with Crippen LogP contribution in [0.1, 0.15) is 17.0 Å². The number of nitrogens with two attached hydrogens (primary N) is 1. The molecule has 0 aliphatic carbocycles. The minimum atomic E-state index is -0.0930. The van der Waals surface area contributed by atoms with Gasteiger partial charge in [-0.05, 0) is 25.5 Å². The molecule has 1 aromatic carbocycles. The predicted molar refractivity (Wildman–Crippen MR) is 95.8 cm³/mol. The number of aromatic nitrogens is 5. The van der Waals surface area contributed by atoms with E-state index in [1.165, 1.54) is 16.4 Å². The van der Waals surface area contributed by atoms with Gasteiger partial charge in [-0.1, -0.05) is 42.1 Å². The molecule has 0 radical (unpaired) electrons. The quantitative estimate of drug-likeness (QED) is 0.507. The van der Waals surface area contributed by atoms with Crippen molar-refractivity contribution >= 4 is 17.7 Å². The van der Waals surface area contributed by atoms with Gasteiger partial charge in [0, 0.05) is 12.2 Å². The van der Waals surface area contributed by atoms with Crippen molar-refractivity contribution in [3.63, 3.8) is 0 Å². The highest BCUT2D eigenvalue weighted by molar-refractivity contribution is 7.99. The third kappa shape index (κ3) is 4.00. The standard InChI is InChI=1S/C16H19N7OS/c1-11-8-12(2)23(21-11)15-19-20-16(22(15)17)25-10-14(24)18-9-13-6-4-3-5-7-13/h3-8H,9-10,17H2,1-2H3,(H,18,24). The zero-order chi connectivity index (χ0) is 17.8. The fourth-order valence-corrected chi connectivity index (χ4v) is 3.00. The third-order valence-electron chi connectivity index (χ3n) is 3.51. The highest BCUT2D eigenvalue weighted by Gasteiger charge is 2.15. The number of amides is 1. The molecule has 0 aliphatic heterocycles. The van der Waals surface area contributed by atoms with Gasteiger partial charge in [-0.15, -0.1) is 10.2 Å². The van der Waals surface area contributed by atoms with Gasteiger partial charge in [-0.3, -0.25) is 4.79 Å². The van der Waals surface area contributed by atoms with Gasteiger partial charge in [-0.2, -0.15) is 5.10 Å². The molecule has 25 heavy (non-hydrogen) atoms. The summed E-state index contributed by atoms with van der Waals surface area (Å²) in [7, 11) is 0. The number of nitrogens with one attached hydrogen (secondary N) is 1. The van der Waals surface area contributed by atoms with E-state index in [9.17, 15) is 4.79 Å². The number of nitrogen functional groups attached to an aromatic ring is 1. The molecule has 0 bridgehead atoms. The molecular formula is C16H19N7OS. The molecule has 3 rings (SSSR count). The summed E-state index contributed by atoms with van der Waals surface area (Å²) in [4.78, 5) is 12.0. The van der Waals surface area contributed by atoms with Gasteiger partial charge in [0.1, 0.15) is 0 Å². The maximum absolute atomic E-state index is 12.0. The number of carbonyl (C=O) groups excluding carboxylic acids is 1. The maximum Gasteiger partial charge on any atom is 0.271 e. The molecule has 0 saturated heterocycles. The summed E-state index contributed by atoms with van der Waals surface area (Å²) in [5.41, 5.74) is 2.83. The molecule has 0 aliphatic rings. The van der Waals surface area contributed by atoms with Crippen LogP contribution in [0, 0.1) is 13.8 Å². The van der Waals surface area contributed by atoms with Crippen molar-refractivity contribution < 1.29 is 4.79 Å². The zero-order valence-electron chi connectivity index (χ0n) is 14.0. The Hall–Kier alpha value is -2.81. The zero-order valence-corrected chi connectivity index (χ0v) is 14.8. The van der Waals surface area contributed by atoms with Gasteiger partial charge in [-0.25, -0.2) is 9.36 Å². The normalized spacial score (nSPS) is 10.8. The Bertz CT molecular complexity index is 872. The van der Waals surface area contributed by atoms with Crippen molar-refractivity contribution in [2.75, 3.05) is 11.6 Å². The Kier molecular flexibility index (Phi) is 5.03. The van der Waals surface area contributed by atoms with Crippen LogP contribution in [-0.4, -0.2) is 36.3 Å². The van der Waals surface area contributed by atoms with Crippen molar-refractivity contribution in [1.29, 1.82) is 0 Å². The van der Waals surface area contributed by atoms with Crippen molar-refractivity contribution in [3.8, 4) is 5.95 Å². The van der Waals surface area contributed by atoms with E-state index in [-0.39, 0.29) is 11.7 Å². The van der Waals surface area contributed by atoms with Crippen LogP contribution in [-0.2, 0) is 11.3 Å². The van der Waals surface area contributed by atoms with Crippen LogP contribution in [0.3, 0.4) is 0 Å². The van der Waals surface area contributed by atoms with Gasteiger partial charge in [0.15, 0.2) is 0 Å². The van der Waals surface area contributed by atoms with Gasteiger partial charge in [0.05, 0.1) is 11.4 Å². The minimum absolute atomic E-state index is 0.0930. The Morgan fingerprint density at radius 1 is 1.24 bits per heavy atom. The second-order valence-corrected chi connectivity index (χ2v) is 6.48. The lowest BCUT2D eigenvalue weighted by Crippen LogP contribution is -2.25. The average molecular weight is 357 g/mol. The smallest absolute Gasteiger partial charge is 0.271 e. The molecule has 0 spiro atoms. The Balaban J connectivity index is 1.58. The molecule has 130 valence electrons. The highest BCUT2D eigenvalue weighted by atomic mass is 32.2. The molecule has 0 fully saturated rings. The number of rotatable bonds is 6. The minimum Gasteiger partial charge on any atom is -0.351 e. The summed E-state index contributed by atoms with van der Waals surface area (Å²) in [6.07, 6.45) is 0. The summed E-state index contributed by atoms with van der Waals surface area (Å²) >= 11 is 1.23. The predicted octanol–water partition coefficient (Wildman–Crippen LogP) is 1.20. The molecule has 3 N–H and O–H groups in total. The fourth-order valence-electron chi connectivity index (χ4n) is 2.32. The summed E-state index contributed by atoms with van der Waals surface area (Å²) < 4.78 is 2.97. The van der Waals surface area contributed by atoms with E-state index in [1.54, 1.807) is 4.68 Å². The summed E-state index contributed by atoms with van der Waals surface area (Å²) in [6, 6.07) is 11.7. The van der Waals surface area contributed by atoms with Crippen LogP contribution in [0.5, 0.6) is 0 Å². The first kappa shape index (κ1) is 17.0. The number of hydrogen-bond acceptors (Lipinski definition) is 6. The second kappa shape index (κ2) is 7.39. The first-order chi connectivity index (χ1) is 12.0. The van der Waals surface area contributed by atoms with Crippen LogP contribution >= 0.6 is 11.8 Å². The number of thioether (sulfide) groups is 1. The number of benzene rings is 1. The summed E-state index contributed by atoms with van der Waals surface area (Å²) in [5.74, 6) is 6.57. The summed E-state index contributed by atoms with van der Waals surface area (Å²) in [5, 5.41) is 15.8. The van der Waals surface area contributed by atoms with Crippen LogP contribution in [0.4, 0.5) is 0 Å². The van der Waals surface area contributed by atoms with Crippen LogP contribution < -0.4 is 11.2 Å². The number of aryl methyl sites for hydroxylation is 2. The van der Waals surface area contributed by atoms with Crippen LogP contribution in [0.25, 0.3) is 5.95 Å². The summed E-state index contributed by atoms with van der Waals surface area (Å²) in [6.45, 7) is 4.30. The SMILES string of the molecule is Cc1cc(C)n(-c2nnc(SCC(=O)NCc3ccccc3)n2N)n1. The van der Waals surface area contributed by atoms with E-state index in [4.69, 9.17) is 5.84 Å². The van der Waals surface area contributed by atoms with Crippen LogP contribution in [0.15, 0.2) is 41.6 Å². The van der Waals surface area contributed by atoms with Crippen molar-refractivity contribution in [3.05, 3.63) is 53.3 Å².